The van der Waals surface area contributed by atoms with Crippen LogP contribution < -0.4 is 5.32 Å². The van der Waals surface area contributed by atoms with Gasteiger partial charge in [0.1, 0.15) is 0 Å². The molecule has 0 unspecified atom stereocenters. The van der Waals surface area contributed by atoms with Crippen LogP contribution >= 0.6 is 0 Å². The lowest BCUT2D eigenvalue weighted by molar-refractivity contribution is 0.150. The second kappa shape index (κ2) is 7.68. The van der Waals surface area contributed by atoms with Gasteiger partial charge < -0.3 is 10.4 Å². The van der Waals surface area contributed by atoms with Gasteiger partial charge in [-0.2, -0.15) is 5.26 Å². The van der Waals surface area contributed by atoms with Crippen LogP contribution in [0.3, 0.4) is 0 Å². The van der Waals surface area contributed by atoms with Gasteiger partial charge in [-0.3, -0.25) is 0 Å². The standard InChI is InChI=1S/C14H28N2O/c1-5-14(6-2,12-17)16-10-8-7-9-13(3,4)11-15/h16-17H,5-10,12H2,1-4H3. The Morgan fingerprint density at radius 1 is 1.18 bits per heavy atom. The summed E-state index contributed by atoms with van der Waals surface area (Å²) in [5.74, 6) is 0. The van der Waals surface area contributed by atoms with Gasteiger partial charge in [0.15, 0.2) is 0 Å². The van der Waals surface area contributed by atoms with Gasteiger partial charge in [-0.1, -0.05) is 20.3 Å². The van der Waals surface area contributed by atoms with Crippen molar-refractivity contribution >= 4 is 0 Å². The summed E-state index contributed by atoms with van der Waals surface area (Å²) in [6.45, 7) is 9.29. The van der Waals surface area contributed by atoms with Gasteiger partial charge in [0.05, 0.1) is 18.1 Å². The highest BCUT2D eigenvalue weighted by molar-refractivity contribution is 4.91. The van der Waals surface area contributed by atoms with Crippen molar-refractivity contribution in [1.29, 1.82) is 5.26 Å². The lowest BCUT2D eigenvalue weighted by Gasteiger charge is -2.31. The molecule has 0 aliphatic heterocycles. The van der Waals surface area contributed by atoms with Gasteiger partial charge in [0.25, 0.3) is 0 Å². The zero-order valence-electron chi connectivity index (χ0n) is 11.8. The van der Waals surface area contributed by atoms with Gasteiger partial charge in [0, 0.05) is 5.54 Å². The second-order valence-corrected chi connectivity index (χ2v) is 5.53. The predicted octanol–water partition coefficient (Wildman–Crippen LogP) is 2.85. The monoisotopic (exact) mass is 240 g/mol. The zero-order valence-corrected chi connectivity index (χ0v) is 11.8. The summed E-state index contributed by atoms with van der Waals surface area (Å²) >= 11 is 0. The number of aliphatic hydroxyl groups is 1. The third-order valence-corrected chi connectivity index (χ3v) is 3.69. The summed E-state index contributed by atoms with van der Waals surface area (Å²) in [6.07, 6.45) is 4.96. The highest BCUT2D eigenvalue weighted by atomic mass is 16.3. The van der Waals surface area contributed by atoms with Crippen molar-refractivity contribution in [2.45, 2.75) is 65.3 Å². The van der Waals surface area contributed by atoms with Gasteiger partial charge in [0.2, 0.25) is 0 Å². The van der Waals surface area contributed by atoms with Crippen LogP contribution in [0.15, 0.2) is 0 Å². The van der Waals surface area contributed by atoms with Crippen molar-refractivity contribution < 1.29 is 5.11 Å². The molecule has 0 saturated carbocycles. The molecule has 0 atom stereocenters. The normalized spacial score (nSPS) is 12.5. The van der Waals surface area contributed by atoms with Crippen molar-refractivity contribution in [3.63, 3.8) is 0 Å². The van der Waals surface area contributed by atoms with E-state index in [0.29, 0.717) is 0 Å². The topological polar surface area (TPSA) is 56.0 Å². The highest BCUT2D eigenvalue weighted by Crippen LogP contribution is 2.21. The maximum Gasteiger partial charge on any atom is 0.0683 e. The molecule has 0 amide bonds. The molecular weight excluding hydrogens is 212 g/mol. The van der Waals surface area contributed by atoms with Gasteiger partial charge in [-0.25, -0.2) is 0 Å². The van der Waals surface area contributed by atoms with Gasteiger partial charge in [-0.05, 0) is 46.1 Å². The molecular formula is C14H28N2O. The first-order chi connectivity index (χ1) is 7.95. The average molecular weight is 240 g/mol. The molecule has 0 aliphatic carbocycles. The summed E-state index contributed by atoms with van der Waals surface area (Å²) in [5.41, 5.74) is -0.311. The van der Waals surface area contributed by atoms with Crippen molar-refractivity contribution in [3.8, 4) is 6.07 Å². The summed E-state index contributed by atoms with van der Waals surface area (Å²) in [6, 6.07) is 2.32. The first kappa shape index (κ1) is 16.4. The van der Waals surface area contributed by atoms with Crippen LogP contribution in [0.25, 0.3) is 0 Å². The molecule has 17 heavy (non-hydrogen) atoms. The molecule has 0 aliphatic rings. The number of unbranched alkanes of at least 4 members (excludes halogenated alkanes) is 1. The molecule has 3 heteroatoms. The van der Waals surface area contributed by atoms with Crippen molar-refractivity contribution in [3.05, 3.63) is 0 Å². The fourth-order valence-corrected chi connectivity index (χ4v) is 1.88. The molecule has 0 aromatic rings. The Morgan fingerprint density at radius 3 is 2.18 bits per heavy atom. The SMILES string of the molecule is CCC(CC)(CO)NCCCCC(C)(C)C#N. The Balaban J connectivity index is 3.81. The largest absolute Gasteiger partial charge is 0.394 e. The van der Waals surface area contributed by atoms with E-state index >= 15 is 0 Å². The number of hydrogen-bond acceptors (Lipinski definition) is 3. The minimum absolute atomic E-state index is 0.106. The average Bonchev–Trinajstić information content (AvgIpc) is 2.34. The van der Waals surface area contributed by atoms with E-state index in [-0.39, 0.29) is 17.6 Å². The fraction of sp³-hybridized carbons (Fsp3) is 0.929. The molecule has 0 radical (unpaired) electrons. The molecule has 0 spiro atoms. The number of nitriles is 1. The smallest absolute Gasteiger partial charge is 0.0683 e. The van der Waals surface area contributed by atoms with Crippen molar-refractivity contribution in [2.75, 3.05) is 13.2 Å². The van der Waals surface area contributed by atoms with Gasteiger partial charge in [-0.15, -0.1) is 0 Å². The molecule has 0 aromatic heterocycles. The minimum Gasteiger partial charge on any atom is -0.394 e. The molecule has 3 nitrogen and oxygen atoms in total. The lowest BCUT2D eigenvalue weighted by Crippen LogP contribution is -2.47. The van der Waals surface area contributed by atoms with Crippen molar-refractivity contribution in [1.82, 2.24) is 5.32 Å². The molecule has 2 N–H and O–H groups in total. The Hall–Kier alpha value is -0.590. The molecule has 0 bridgehead atoms. The van der Waals surface area contributed by atoms with E-state index in [1.807, 2.05) is 13.8 Å². The Kier molecular flexibility index (Phi) is 7.41. The summed E-state index contributed by atoms with van der Waals surface area (Å²) in [4.78, 5) is 0. The van der Waals surface area contributed by atoms with E-state index in [0.717, 1.165) is 38.6 Å². The number of rotatable bonds is 9. The number of nitrogens with one attached hydrogen (secondary N) is 1. The molecule has 0 saturated heterocycles. The molecule has 0 fully saturated rings. The molecule has 0 heterocycles. The first-order valence-corrected chi connectivity index (χ1v) is 6.72. The van der Waals surface area contributed by atoms with Crippen LogP contribution in [0.2, 0.25) is 0 Å². The highest BCUT2D eigenvalue weighted by Gasteiger charge is 2.23. The van der Waals surface area contributed by atoms with E-state index in [2.05, 4.69) is 25.2 Å². The first-order valence-electron chi connectivity index (χ1n) is 6.72. The Bertz CT molecular complexity index is 231. The predicted molar refractivity (Wildman–Crippen MR) is 71.6 cm³/mol. The van der Waals surface area contributed by atoms with Crippen LogP contribution in [0.4, 0.5) is 0 Å². The van der Waals surface area contributed by atoms with Crippen LogP contribution in [-0.2, 0) is 0 Å². The summed E-state index contributed by atoms with van der Waals surface area (Å²) in [5, 5.41) is 21.7. The van der Waals surface area contributed by atoms with Crippen LogP contribution in [-0.4, -0.2) is 23.8 Å². The number of hydrogen-bond donors (Lipinski definition) is 2. The van der Waals surface area contributed by atoms with E-state index in [9.17, 15) is 5.11 Å². The van der Waals surface area contributed by atoms with Crippen LogP contribution in [0, 0.1) is 16.7 Å². The van der Waals surface area contributed by atoms with Crippen LogP contribution in [0.5, 0.6) is 0 Å². The maximum atomic E-state index is 9.39. The van der Waals surface area contributed by atoms with E-state index in [1.165, 1.54) is 0 Å². The van der Waals surface area contributed by atoms with E-state index in [4.69, 9.17) is 5.26 Å². The van der Waals surface area contributed by atoms with E-state index < -0.39 is 0 Å². The quantitative estimate of drug-likeness (QED) is 0.609. The molecule has 0 rings (SSSR count). The van der Waals surface area contributed by atoms with Crippen LogP contribution in [0.1, 0.15) is 59.8 Å². The number of aliphatic hydroxyl groups excluding tert-OH is 1. The Labute approximate surface area is 106 Å². The van der Waals surface area contributed by atoms with Crippen molar-refractivity contribution in [2.24, 2.45) is 5.41 Å². The second-order valence-electron chi connectivity index (χ2n) is 5.53. The zero-order chi connectivity index (χ0) is 13.4. The Morgan fingerprint density at radius 2 is 1.76 bits per heavy atom. The number of nitrogens with zero attached hydrogens (tertiary/aromatic N) is 1. The third-order valence-electron chi connectivity index (χ3n) is 3.69. The summed E-state index contributed by atoms with van der Waals surface area (Å²) < 4.78 is 0. The fourth-order valence-electron chi connectivity index (χ4n) is 1.88. The summed E-state index contributed by atoms with van der Waals surface area (Å²) in [7, 11) is 0. The third kappa shape index (κ3) is 6.05. The maximum absolute atomic E-state index is 9.39. The molecule has 0 aromatic carbocycles. The molecule has 100 valence electrons. The van der Waals surface area contributed by atoms with E-state index in [1.54, 1.807) is 0 Å². The minimum atomic E-state index is -0.205. The van der Waals surface area contributed by atoms with Gasteiger partial charge >= 0.3 is 0 Å². The lowest BCUT2D eigenvalue weighted by atomic mass is 9.89.